The number of fused-ring (bicyclic) bond motifs is 1. The molecule has 0 aliphatic heterocycles. The van der Waals surface area contributed by atoms with E-state index >= 15 is 0 Å². The van der Waals surface area contributed by atoms with Gasteiger partial charge in [0.05, 0.1) is 11.2 Å². The van der Waals surface area contributed by atoms with Gasteiger partial charge in [-0.1, -0.05) is 26.5 Å². The van der Waals surface area contributed by atoms with Crippen molar-refractivity contribution >= 4 is 17.4 Å². The Hall–Kier alpha value is -2.56. The van der Waals surface area contributed by atoms with Crippen LogP contribution in [0, 0.1) is 0 Å². The summed E-state index contributed by atoms with van der Waals surface area (Å²) in [4.78, 5) is 4.25. The van der Waals surface area contributed by atoms with E-state index in [4.69, 9.17) is 5.73 Å². The van der Waals surface area contributed by atoms with Crippen molar-refractivity contribution in [2.24, 2.45) is 10.7 Å². The smallest absolute Gasteiger partial charge is 0.118 e. The third-order valence-electron chi connectivity index (χ3n) is 3.34. The number of aromatic nitrogens is 2. The number of pyridine rings is 1. The summed E-state index contributed by atoms with van der Waals surface area (Å²) in [5.74, 6) is 0.902. The highest BCUT2D eigenvalue weighted by atomic mass is 15.2. The van der Waals surface area contributed by atoms with Gasteiger partial charge in [-0.05, 0) is 38.0 Å². The lowest BCUT2D eigenvalue weighted by atomic mass is 10.0. The molecule has 0 spiro atoms. The molecule has 2 heterocycles. The fourth-order valence-electron chi connectivity index (χ4n) is 2.38. The highest BCUT2D eigenvalue weighted by Crippen LogP contribution is 2.26. The normalized spacial score (nSPS) is 12.7. The van der Waals surface area contributed by atoms with Crippen LogP contribution in [0.4, 0.5) is 0 Å². The van der Waals surface area contributed by atoms with E-state index in [1.54, 1.807) is 12.3 Å². The van der Waals surface area contributed by atoms with Gasteiger partial charge in [0, 0.05) is 29.7 Å². The van der Waals surface area contributed by atoms with Gasteiger partial charge in [-0.25, -0.2) is 9.51 Å². The molecule has 0 radical (unpaired) electrons. The first-order valence-corrected chi connectivity index (χ1v) is 7.83. The number of hydrogen-bond acceptors (Lipinski definition) is 4. The Morgan fingerprint density at radius 1 is 1.35 bits per heavy atom. The van der Waals surface area contributed by atoms with Crippen molar-refractivity contribution in [3.8, 4) is 0 Å². The van der Waals surface area contributed by atoms with Crippen LogP contribution < -0.4 is 11.1 Å². The number of nitrogens with zero attached hydrogens (tertiary/aromatic N) is 3. The van der Waals surface area contributed by atoms with E-state index in [1.165, 1.54) is 0 Å². The van der Waals surface area contributed by atoms with E-state index in [0.29, 0.717) is 17.6 Å². The van der Waals surface area contributed by atoms with Crippen LogP contribution in [0.15, 0.2) is 47.9 Å². The third-order valence-corrected chi connectivity index (χ3v) is 3.34. The Morgan fingerprint density at radius 2 is 2.09 bits per heavy atom. The summed E-state index contributed by atoms with van der Waals surface area (Å²) in [5, 5.41) is 7.77. The quantitative estimate of drug-likeness (QED) is 0.804. The van der Waals surface area contributed by atoms with Crippen LogP contribution in [0.25, 0.3) is 11.2 Å². The van der Waals surface area contributed by atoms with E-state index in [9.17, 15) is 0 Å². The molecule has 0 saturated heterocycles. The Kier molecular flexibility index (Phi) is 5.21. The lowest BCUT2D eigenvalue weighted by molar-refractivity contribution is 0.666. The SMILES string of the molecule is C=C(N=C/C=C(\N)c1c(C(C)C)nn2ccccc12)NC(C)C. The first-order chi connectivity index (χ1) is 10.9. The summed E-state index contributed by atoms with van der Waals surface area (Å²) >= 11 is 0. The molecule has 0 aliphatic carbocycles. The van der Waals surface area contributed by atoms with Crippen LogP contribution in [0.1, 0.15) is 44.9 Å². The lowest BCUT2D eigenvalue weighted by Gasteiger charge is -2.08. The molecule has 0 bridgehead atoms. The fraction of sp³-hybridized carbons (Fsp3) is 0.333. The maximum absolute atomic E-state index is 6.30. The van der Waals surface area contributed by atoms with Crippen LogP contribution in [0.2, 0.25) is 0 Å². The zero-order valence-corrected chi connectivity index (χ0v) is 14.2. The van der Waals surface area contributed by atoms with Crippen molar-refractivity contribution in [2.75, 3.05) is 0 Å². The summed E-state index contributed by atoms with van der Waals surface area (Å²) in [7, 11) is 0. The first-order valence-electron chi connectivity index (χ1n) is 7.83. The number of nitrogens with one attached hydrogen (secondary N) is 1. The zero-order valence-electron chi connectivity index (χ0n) is 14.2. The van der Waals surface area contributed by atoms with Gasteiger partial charge in [0.25, 0.3) is 0 Å². The van der Waals surface area contributed by atoms with Gasteiger partial charge in [-0.15, -0.1) is 0 Å². The number of nitrogens with two attached hydrogens (primary N) is 1. The highest BCUT2D eigenvalue weighted by Gasteiger charge is 2.16. The minimum atomic E-state index is 0.284. The number of rotatable bonds is 6. The highest BCUT2D eigenvalue weighted by molar-refractivity contribution is 5.89. The molecule has 2 aromatic heterocycles. The fourth-order valence-corrected chi connectivity index (χ4v) is 2.38. The molecular weight excluding hydrogens is 286 g/mol. The maximum atomic E-state index is 6.30. The van der Waals surface area contributed by atoms with Crippen molar-refractivity contribution in [1.29, 1.82) is 0 Å². The van der Waals surface area contributed by atoms with E-state index in [2.05, 4.69) is 35.8 Å². The second kappa shape index (κ2) is 7.13. The number of hydrogen-bond donors (Lipinski definition) is 2. The Bertz CT molecular complexity index is 750. The van der Waals surface area contributed by atoms with Crippen molar-refractivity contribution < 1.29 is 0 Å². The number of aliphatic imine (C=N–C) groups is 1. The monoisotopic (exact) mass is 311 g/mol. The van der Waals surface area contributed by atoms with Gasteiger partial charge < -0.3 is 11.1 Å². The van der Waals surface area contributed by atoms with Crippen LogP contribution in [0.3, 0.4) is 0 Å². The molecule has 2 aromatic rings. The number of allylic oxidation sites excluding steroid dienone is 1. The standard InChI is InChI=1S/C18H25N5/c1-12(2)18-17(16-8-6-7-11-23(16)22-18)15(19)9-10-20-14(5)21-13(3)4/h6-13,21H,5,19H2,1-4H3/b15-9-,20-10?. The van der Waals surface area contributed by atoms with Gasteiger partial charge >= 0.3 is 0 Å². The molecular formula is C18H25N5. The second-order valence-electron chi connectivity index (χ2n) is 6.09. The Labute approximate surface area is 137 Å². The molecule has 5 nitrogen and oxygen atoms in total. The van der Waals surface area contributed by atoms with Crippen molar-refractivity contribution in [3.63, 3.8) is 0 Å². The van der Waals surface area contributed by atoms with Crippen LogP contribution >= 0.6 is 0 Å². The molecule has 23 heavy (non-hydrogen) atoms. The summed E-state index contributed by atoms with van der Waals surface area (Å²) in [6.07, 6.45) is 5.40. The van der Waals surface area contributed by atoms with Gasteiger partial charge in [-0.2, -0.15) is 5.10 Å². The van der Waals surface area contributed by atoms with Crippen molar-refractivity contribution in [1.82, 2.24) is 14.9 Å². The van der Waals surface area contributed by atoms with Gasteiger partial charge in [0.15, 0.2) is 0 Å². The Balaban J connectivity index is 2.35. The van der Waals surface area contributed by atoms with E-state index in [1.807, 2.05) is 42.8 Å². The van der Waals surface area contributed by atoms with E-state index in [0.717, 1.165) is 16.8 Å². The third kappa shape index (κ3) is 4.00. The molecule has 3 N–H and O–H groups in total. The van der Waals surface area contributed by atoms with Gasteiger partial charge in [-0.3, -0.25) is 0 Å². The van der Waals surface area contributed by atoms with Gasteiger partial charge in [0.2, 0.25) is 0 Å². The zero-order chi connectivity index (χ0) is 17.0. The predicted molar refractivity (Wildman–Crippen MR) is 97.3 cm³/mol. The molecule has 5 heteroatoms. The molecule has 0 saturated carbocycles. The van der Waals surface area contributed by atoms with E-state index < -0.39 is 0 Å². The average molecular weight is 311 g/mol. The maximum Gasteiger partial charge on any atom is 0.118 e. The van der Waals surface area contributed by atoms with E-state index in [-0.39, 0.29) is 5.92 Å². The largest absolute Gasteiger partial charge is 0.398 e. The lowest BCUT2D eigenvalue weighted by Crippen LogP contribution is -2.20. The Morgan fingerprint density at radius 3 is 2.74 bits per heavy atom. The molecule has 0 atom stereocenters. The minimum absolute atomic E-state index is 0.284. The summed E-state index contributed by atoms with van der Waals surface area (Å²) in [5.41, 5.74) is 9.90. The summed E-state index contributed by atoms with van der Waals surface area (Å²) in [6, 6.07) is 6.26. The second-order valence-corrected chi connectivity index (χ2v) is 6.09. The molecule has 0 fully saturated rings. The molecule has 0 aromatic carbocycles. The molecule has 0 unspecified atom stereocenters. The van der Waals surface area contributed by atoms with Gasteiger partial charge in [0.1, 0.15) is 5.82 Å². The first kappa shape index (κ1) is 16.8. The molecule has 122 valence electrons. The summed E-state index contributed by atoms with van der Waals surface area (Å²) in [6.45, 7) is 12.2. The van der Waals surface area contributed by atoms with Crippen LogP contribution in [0.5, 0.6) is 0 Å². The topological polar surface area (TPSA) is 67.7 Å². The molecule has 0 amide bonds. The molecule has 2 rings (SSSR count). The predicted octanol–water partition coefficient (Wildman–Crippen LogP) is 3.30. The van der Waals surface area contributed by atoms with Crippen LogP contribution in [-0.2, 0) is 0 Å². The minimum Gasteiger partial charge on any atom is -0.398 e. The van der Waals surface area contributed by atoms with Crippen molar-refractivity contribution in [2.45, 2.75) is 39.7 Å². The molecule has 0 aliphatic rings. The van der Waals surface area contributed by atoms with Crippen molar-refractivity contribution in [3.05, 3.63) is 54.1 Å². The average Bonchev–Trinajstić information content (AvgIpc) is 2.86. The summed E-state index contributed by atoms with van der Waals surface area (Å²) < 4.78 is 1.86. The van der Waals surface area contributed by atoms with Crippen LogP contribution in [-0.4, -0.2) is 21.9 Å².